The summed E-state index contributed by atoms with van der Waals surface area (Å²) in [4.78, 5) is 7.11. The van der Waals surface area contributed by atoms with Gasteiger partial charge < -0.3 is 24.8 Å². The summed E-state index contributed by atoms with van der Waals surface area (Å²) in [5.74, 6) is 2.71. The Morgan fingerprint density at radius 2 is 2.11 bits per heavy atom. The first-order valence-corrected chi connectivity index (χ1v) is 9.81. The van der Waals surface area contributed by atoms with Gasteiger partial charge in [-0.3, -0.25) is 0 Å². The molecular weight excluding hydrogens is 457 g/mol. The highest BCUT2D eigenvalue weighted by atomic mass is 127. The van der Waals surface area contributed by atoms with Gasteiger partial charge in [0.1, 0.15) is 6.54 Å². The molecule has 1 aliphatic rings. The van der Waals surface area contributed by atoms with Crippen LogP contribution in [0.25, 0.3) is 0 Å². The molecule has 0 bridgehead atoms. The molecule has 156 valence electrons. The predicted molar refractivity (Wildman–Crippen MR) is 120 cm³/mol. The maximum Gasteiger partial charge on any atom is 0.191 e. The number of aromatic nitrogens is 1. The summed E-state index contributed by atoms with van der Waals surface area (Å²) >= 11 is 0. The van der Waals surface area contributed by atoms with Crippen molar-refractivity contribution in [3.8, 4) is 0 Å². The quantitative estimate of drug-likeness (QED) is 0.313. The number of nitrogens with zero attached hydrogens (tertiary/aromatic N) is 3. The van der Waals surface area contributed by atoms with Gasteiger partial charge in [0, 0.05) is 32.8 Å². The van der Waals surface area contributed by atoms with Crippen LogP contribution >= 0.6 is 24.0 Å². The predicted octanol–water partition coefficient (Wildman–Crippen LogP) is 2.83. The van der Waals surface area contributed by atoms with Gasteiger partial charge in [-0.1, -0.05) is 19.0 Å². The molecule has 0 saturated carbocycles. The normalized spacial score (nSPS) is 16.4. The number of nitrogens with one attached hydrogen (secondary N) is 2. The number of likely N-dealkylation sites (tertiary alicyclic amines) is 1. The third kappa shape index (κ3) is 8.78. The van der Waals surface area contributed by atoms with Gasteiger partial charge >= 0.3 is 0 Å². The minimum absolute atomic E-state index is 0. The largest absolute Gasteiger partial charge is 0.383 e. The average Bonchev–Trinajstić information content (AvgIpc) is 3.12. The van der Waals surface area contributed by atoms with E-state index in [1.807, 2.05) is 6.07 Å². The van der Waals surface area contributed by atoms with Crippen molar-refractivity contribution in [1.29, 1.82) is 0 Å². The highest BCUT2D eigenvalue weighted by Gasteiger charge is 2.19. The number of rotatable bonds is 9. The minimum atomic E-state index is 0. The molecule has 0 radical (unpaired) electrons. The lowest BCUT2D eigenvalue weighted by Crippen LogP contribution is -2.43. The van der Waals surface area contributed by atoms with E-state index < -0.39 is 0 Å². The van der Waals surface area contributed by atoms with Crippen LogP contribution in [0, 0.1) is 5.92 Å². The molecule has 0 spiro atoms. The Kier molecular flexibility index (Phi) is 11.9. The van der Waals surface area contributed by atoms with E-state index >= 15 is 0 Å². The zero-order valence-corrected chi connectivity index (χ0v) is 19.5. The summed E-state index contributed by atoms with van der Waals surface area (Å²) in [6, 6.07) is 1.99. The Balaban J connectivity index is 0.00000364. The third-order valence-electron chi connectivity index (χ3n) is 4.78. The molecule has 1 fully saturated rings. The van der Waals surface area contributed by atoms with Crippen LogP contribution in [-0.4, -0.2) is 62.5 Å². The molecule has 0 amide bonds. The van der Waals surface area contributed by atoms with E-state index in [9.17, 15) is 0 Å². The molecule has 8 heteroatoms. The molecule has 0 aromatic carbocycles. The average molecular weight is 493 g/mol. The monoisotopic (exact) mass is 493 g/mol. The minimum Gasteiger partial charge on any atom is -0.383 e. The van der Waals surface area contributed by atoms with Gasteiger partial charge in [-0.25, -0.2) is 4.99 Å². The van der Waals surface area contributed by atoms with Gasteiger partial charge in [0.25, 0.3) is 0 Å². The van der Waals surface area contributed by atoms with Crippen molar-refractivity contribution in [2.24, 2.45) is 10.9 Å². The molecule has 0 atom stereocenters. The Morgan fingerprint density at radius 1 is 1.37 bits per heavy atom. The van der Waals surface area contributed by atoms with Crippen molar-refractivity contribution in [3.63, 3.8) is 0 Å². The van der Waals surface area contributed by atoms with Crippen molar-refractivity contribution in [1.82, 2.24) is 20.7 Å². The summed E-state index contributed by atoms with van der Waals surface area (Å²) in [6.07, 6.45) is 2.44. The Morgan fingerprint density at radius 3 is 2.70 bits per heavy atom. The van der Waals surface area contributed by atoms with E-state index in [0.717, 1.165) is 56.7 Å². The van der Waals surface area contributed by atoms with Gasteiger partial charge in [-0.2, -0.15) is 0 Å². The second-order valence-electron chi connectivity index (χ2n) is 7.23. The first kappa shape index (κ1) is 24.2. The molecule has 0 unspecified atom stereocenters. The Bertz CT molecular complexity index is 542. The molecule has 2 N–H and O–H groups in total. The van der Waals surface area contributed by atoms with Crippen LogP contribution in [0.3, 0.4) is 0 Å². The Hall–Kier alpha value is -0.870. The fourth-order valence-electron chi connectivity index (χ4n) is 3.05. The standard InChI is InChI=1S/C19H35N5O2.HI/c1-5-20-19(22-14-17-12-18(15(2)3)23-26-17)21-13-16-6-8-24(9-7-16)10-11-25-4;/h12,15-16H,5-11,13-14H2,1-4H3,(H2,20,21,22);1H. The maximum atomic E-state index is 5.36. The molecule has 27 heavy (non-hydrogen) atoms. The summed E-state index contributed by atoms with van der Waals surface area (Å²) in [7, 11) is 1.76. The van der Waals surface area contributed by atoms with Crippen LogP contribution in [-0.2, 0) is 11.3 Å². The maximum absolute atomic E-state index is 5.36. The topological polar surface area (TPSA) is 74.9 Å². The molecule has 0 aliphatic carbocycles. The fraction of sp³-hybridized carbons (Fsp3) is 0.789. The SMILES string of the molecule is CCNC(=NCc1cc(C(C)C)no1)NCC1CCN(CCOC)CC1.I. The van der Waals surface area contributed by atoms with E-state index in [2.05, 4.69) is 46.5 Å². The first-order chi connectivity index (χ1) is 12.6. The van der Waals surface area contributed by atoms with Crippen LogP contribution in [0.2, 0.25) is 0 Å². The van der Waals surface area contributed by atoms with Gasteiger partial charge in [-0.15, -0.1) is 24.0 Å². The third-order valence-corrected chi connectivity index (χ3v) is 4.78. The molecule has 1 aliphatic heterocycles. The summed E-state index contributed by atoms with van der Waals surface area (Å²) in [5.41, 5.74) is 0.980. The van der Waals surface area contributed by atoms with Crippen LogP contribution in [0.1, 0.15) is 51.0 Å². The molecule has 1 aromatic heterocycles. The zero-order chi connectivity index (χ0) is 18.8. The van der Waals surface area contributed by atoms with Crippen molar-refractivity contribution in [2.75, 3.05) is 46.4 Å². The van der Waals surface area contributed by atoms with Crippen LogP contribution in [0.4, 0.5) is 0 Å². The number of hydrogen-bond donors (Lipinski definition) is 2. The van der Waals surface area contributed by atoms with E-state index in [-0.39, 0.29) is 24.0 Å². The highest BCUT2D eigenvalue weighted by molar-refractivity contribution is 14.0. The first-order valence-electron chi connectivity index (χ1n) is 9.81. The van der Waals surface area contributed by atoms with E-state index in [0.29, 0.717) is 18.4 Å². The number of aliphatic imine (C=N–C) groups is 1. The highest BCUT2D eigenvalue weighted by Crippen LogP contribution is 2.16. The number of halogens is 1. The molecule has 1 saturated heterocycles. The van der Waals surface area contributed by atoms with Crippen molar-refractivity contribution >= 4 is 29.9 Å². The Labute approximate surface area is 180 Å². The molecule has 1 aromatic rings. The second-order valence-corrected chi connectivity index (χ2v) is 7.23. The number of methoxy groups -OCH3 is 1. The number of guanidine groups is 1. The van der Waals surface area contributed by atoms with E-state index in [4.69, 9.17) is 9.26 Å². The van der Waals surface area contributed by atoms with Crippen molar-refractivity contribution in [2.45, 2.75) is 46.1 Å². The van der Waals surface area contributed by atoms with Crippen molar-refractivity contribution < 1.29 is 9.26 Å². The van der Waals surface area contributed by atoms with E-state index in [1.54, 1.807) is 7.11 Å². The number of ether oxygens (including phenoxy) is 1. The molecule has 2 heterocycles. The summed E-state index contributed by atoms with van der Waals surface area (Å²) < 4.78 is 10.5. The van der Waals surface area contributed by atoms with Gasteiger partial charge in [0.2, 0.25) is 0 Å². The summed E-state index contributed by atoms with van der Waals surface area (Å²) in [6.45, 7) is 12.8. The fourth-order valence-corrected chi connectivity index (χ4v) is 3.05. The van der Waals surface area contributed by atoms with Gasteiger partial charge in [0.15, 0.2) is 11.7 Å². The molecular formula is C19H36IN5O2. The lowest BCUT2D eigenvalue weighted by Gasteiger charge is -2.32. The summed E-state index contributed by atoms with van der Waals surface area (Å²) in [5, 5.41) is 10.9. The van der Waals surface area contributed by atoms with Crippen LogP contribution < -0.4 is 10.6 Å². The molecule has 2 rings (SSSR count). The number of hydrogen-bond acceptors (Lipinski definition) is 5. The smallest absolute Gasteiger partial charge is 0.191 e. The van der Waals surface area contributed by atoms with Crippen LogP contribution in [0.5, 0.6) is 0 Å². The second kappa shape index (κ2) is 13.3. The lowest BCUT2D eigenvalue weighted by atomic mass is 9.97. The van der Waals surface area contributed by atoms with E-state index in [1.165, 1.54) is 12.8 Å². The number of piperidine rings is 1. The van der Waals surface area contributed by atoms with Crippen molar-refractivity contribution in [3.05, 3.63) is 17.5 Å². The van der Waals surface area contributed by atoms with Gasteiger partial charge in [-0.05, 0) is 44.7 Å². The molecule has 7 nitrogen and oxygen atoms in total. The van der Waals surface area contributed by atoms with Gasteiger partial charge in [0.05, 0.1) is 12.3 Å². The lowest BCUT2D eigenvalue weighted by molar-refractivity contribution is 0.121. The van der Waals surface area contributed by atoms with Crippen LogP contribution in [0.15, 0.2) is 15.6 Å². The zero-order valence-electron chi connectivity index (χ0n) is 17.2.